The van der Waals surface area contributed by atoms with Gasteiger partial charge in [0.25, 0.3) is 0 Å². The maximum absolute atomic E-state index is 13.1. The summed E-state index contributed by atoms with van der Waals surface area (Å²) < 4.78 is 55.6. The van der Waals surface area contributed by atoms with E-state index >= 15 is 0 Å². The zero-order chi connectivity index (χ0) is 13.3. The van der Waals surface area contributed by atoms with E-state index in [2.05, 4.69) is 4.98 Å². The van der Waals surface area contributed by atoms with Crippen LogP contribution in [-0.2, 0) is 12.1 Å². The standard InChI is InChI=1S/C11H6ClF4NO/c12-4-9-5-18-10(17-9)6-1-7(11(14,15)16)3-8(13)2-6/h1-3,5H,4H2. The van der Waals surface area contributed by atoms with Crippen molar-refractivity contribution in [2.45, 2.75) is 12.1 Å². The van der Waals surface area contributed by atoms with Crippen LogP contribution in [0.15, 0.2) is 28.9 Å². The van der Waals surface area contributed by atoms with E-state index in [1.807, 2.05) is 0 Å². The van der Waals surface area contributed by atoms with Crippen LogP contribution in [-0.4, -0.2) is 4.98 Å². The highest BCUT2D eigenvalue weighted by Gasteiger charge is 2.31. The Morgan fingerprint density at radius 2 is 1.94 bits per heavy atom. The molecule has 0 fully saturated rings. The summed E-state index contributed by atoms with van der Waals surface area (Å²) in [6.07, 6.45) is -3.42. The highest BCUT2D eigenvalue weighted by molar-refractivity contribution is 6.16. The molecule has 7 heteroatoms. The van der Waals surface area contributed by atoms with Gasteiger partial charge < -0.3 is 4.42 Å². The lowest BCUT2D eigenvalue weighted by Crippen LogP contribution is -2.05. The molecule has 0 aliphatic heterocycles. The molecule has 2 aromatic rings. The molecular formula is C11H6ClF4NO. The van der Waals surface area contributed by atoms with E-state index in [0.717, 1.165) is 12.1 Å². The minimum absolute atomic E-state index is 0.0605. The lowest BCUT2D eigenvalue weighted by atomic mass is 10.1. The highest BCUT2D eigenvalue weighted by Crippen LogP contribution is 2.32. The summed E-state index contributed by atoms with van der Waals surface area (Å²) in [7, 11) is 0. The summed E-state index contributed by atoms with van der Waals surface area (Å²) in [5.74, 6) is -1.05. The number of halogens is 5. The number of benzene rings is 1. The molecule has 1 aromatic carbocycles. The van der Waals surface area contributed by atoms with Crippen molar-refractivity contribution >= 4 is 11.6 Å². The van der Waals surface area contributed by atoms with Crippen molar-refractivity contribution in [2.24, 2.45) is 0 Å². The lowest BCUT2D eigenvalue weighted by Gasteiger charge is -2.07. The number of rotatable bonds is 2. The first kappa shape index (κ1) is 12.9. The van der Waals surface area contributed by atoms with Crippen LogP contribution >= 0.6 is 11.6 Å². The lowest BCUT2D eigenvalue weighted by molar-refractivity contribution is -0.137. The normalized spacial score (nSPS) is 11.8. The third-order valence-corrected chi connectivity index (χ3v) is 2.43. The van der Waals surface area contributed by atoms with E-state index in [4.69, 9.17) is 16.0 Å². The van der Waals surface area contributed by atoms with E-state index in [0.29, 0.717) is 11.8 Å². The molecule has 18 heavy (non-hydrogen) atoms. The monoisotopic (exact) mass is 279 g/mol. The number of alkyl halides is 4. The van der Waals surface area contributed by atoms with E-state index < -0.39 is 17.6 Å². The minimum Gasteiger partial charge on any atom is -0.444 e. The van der Waals surface area contributed by atoms with Crippen LogP contribution in [0.3, 0.4) is 0 Å². The van der Waals surface area contributed by atoms with Gasteiger partial charge in [0, 0.05) is 5.56 Å². The SMILES string of the molecule is Fc1cc(-c2nc(CCl)co2)cc(C(F)(F)F)c1. The highest BCUT2D eigenvalue weighted by atomic mass is 35.5. The van der Waals surface area contributed by atoms with Gasteiger partial charge in [-0.15, -0.1) is 11.6 Å². The van der Waals surface area contributed by atoms with Crippen molar-refractivity contribution in [3.63, 3.8) is 0 Å². The van der Waals surface area contributed by atoms with E-state index in [-0.39, 0.29) is 17.3 Å². The maximum Gasteiger partial charge on any atom is 0.416 e. The fourth-order valence-corrected chi connectivity index (χ4v) is 1.50. The van der Waals surface area contributed by atoms with Crippen LogP contribution < -0.4 is 0 Å². The molecule has 1 heterocycles. The van der Waals surface area contributed by atoms with E-state index in [1.165, 1.54) is 6.26 Å². The van der Waals surface area contributed by atoms with Gasteiger partial charge in [-0.3, -0.25) is 0 Å². The van der Waals surface area contributed by atoms with Crippen molar-refractivity contribution in [1.82, 2.24) is 4.98 Å². The summed E-state index contributed by atoms with van der Waals surface area (Å²) in [6.45, 7) is 0. The minimum atomic E-state index is -4.63. The van der Waals surface area contributed by atoms with Crippen molar-refractivity contribution in [3.05, 3.63) is 41.5 Å². The first-order valence-electron chi connectivity index (χ1n) is 4.78. The Bertz CT molecular complexity index is 564. The predicted octanol–water partition coefficient (Wildman–Crippen LogP) is 4.24. The molecule has 0 saturated carbocycles. The quantitative estimate of drug-likeness (QED) is 0.607. The molecule has 0 amide bonds. The molecule has 0 atom stereocenters. The maximum atomic E-state index is 13.1. The Kier molecular flexibility index (Phi) is 3.30. The Balaban J connectivity index is 2.48. The zero-order valence-electron chi connectivity index (χ0n) is 8.76. The molecule has 0 radical (unpaired) electrons. The second kappa shape index (κ2) is 4.61. The number of aromatic nitrogens is 1. The fourth-order valence-electron chi connectivity index (χ4n) is 1.38. The van der Waals surface area contributed by atoms with Gasteiger partial charge >= 0.3 is 6.18 Å². The van der Waals surface area contributed by atoms with Crippen molar-refractivity contribution in [1.29, 1.82) is 0 Å². The Labute approximate surface area is 104 Å². The Morgan fingerprint density at radius 1 is 1.22 bits per heavy atom. The first-order chi connectivity index (χ1) is 8.40. The third kappa shape index (κ3) is 2.64. The smallest absolute Gasteiger partial charge is 0.416 e. The predicted molar refractivity (Wildman–Crippen MR) is 56.5 cm³/mol. The van der Waals surface area contributed by atoms with Crippen LogP contribution in [0.5, 0.6) is 0 Å². The molecule has 2 nitrogen and oxygen atoms in total. The van der Waals surface area contributed by atoms with Crippen LogP contribution in [0.2, 0.25) is 0 Å². The second-order valence-electron chi connectivity index (χ2n) is 3.50. The molecule has 0 spiro atoms. The number of hydrogen-bond donors (Lipinski definition) is 0. The Hall–Kier alpha value is -1.56. The average molecular weight is 280 g/mol. The average Bonchev–Trinajstić information content (AvgIpc) is 2.75. The molecule has 2 rings (SSSR count). The molecule has 1 aromatic heterocycles. The van der Waals surface area contributed by atoms with Crippen molar-refractivity contribution in [3.8, 4) is 11.5 Å². The molecule has 0 saturated heterocycles. The van der Waals surface area contributed by atoms with Gasteiger partial charge in [0.1, 0.15) is 12.1 Å². The number of oxazole rings is 1. The Morgan fingerprint density at radius 3 is 2.50 bits per heavy atom. The van der Waals surface area contributed by atoms with Gasteiger partial charge in [0.05, 0.1) is 17.1 Å². The van der Waals surface area contributed by atoms with Crippen LogP contribution in [0, 0.1) is 5.82 Å². The molecule has 0 aliphatic carbocycles. The van der Waals surface area contributed by atoms with Crippen LogP contribution in [0.25, 0.3) is 11.5 Å². The zero-order valence-corrected chi connectivity index (χ0v) is 9.52. The molecule has 0 aliphatic rings. The number of nitrogens with zero attached hydrogens (tertiary/aromatic N) is 1. The first-order valence-corrected chi connectivity index (χ1v) is 5.32. The summed E-state index contributed by atoms with van der Waals surface area (Å²) in [5.41, 5.74) is -0.814. The third-order valence-electron chi connectivity index (χ3n) is 2.16. The number of hydrogen-bond acceptors (Lipinski definition) is 2. The largest absolute Gasteiger partial charge is 0.444 e. The summed E-state index contributed by atoms with van der Waals surface area (Å²) in [6, 6.07) is 2.10. The van der Waals surface area contributed by atoms with E-state index in [9.17, 15) is 17.6 Å². The van der Waals surface area contributed by atoms with Crippen molar-refractivity contribution < 1.29 is 22.0 Å². The van der Waals surface area contributed by atoms with E-state index in [1.54, 1.807) is 0 Å². The molecule has 0 unspecified atom stereocenters. The molecule has 0 N–H and O–H groups in total. The van der Waals surface area contributed by atoms with Gasteiger partial charge in [-0.05, 0) is 18.2 Å². The summed E-state index contributed by atoms with van der Waals surface area (Å²) >= 11 is 5.49. The van der Waals surface area contributed by atoms with Gasteiger partial charge in [0.15, 0.2) is 0 Å². The fraction of sp³-hybridized carbons (Fsp3) is 0.182. The van der Waals surface area contributed by atoms with Crippen LogP contribution in [0.1, 0.15) is 11.3 Å². The van der Waals surface area contributed by atoms with Gasteiger partial charge in [0.2, 0.25) is 5.89 Å². The second-order valence-corrected chi connectivity index (χ2v) is 3.77. The van der Waals surface area contributed by atoms with Gasteiger partial charge in [-0.25, -0.2) is 9.37 Å². The molecule has 96 valence electrons. The van der Waals surface area contributed by atoms with Gasteiger partial charge in [-0.1, -0.05) is 0 Å². The molecule has 0 bridgehead atoms. The van der Waals surface area contributed by atoms with Crippen LogP contribution in [0.4, 0.5) is 17.6 Å². The summed E-state index contributed by atoms with van der Waals surface area (Å²) in [4.78, 5) is 3.83. The summed E-state index contributed by atoms with van der Waals surface area (Å²) in [5, 5.41) is 0. The topological polar surface area (TPSA) is 26.0 Å². The molecular weight excluding hydrogens is 274 g/mol. The van der Waals surface area contributed by atoms with Gasteiger partial charge in [-0.2, -0.15) is 13.2 Å². The van der Waals surface area contributed by atoms with Crippen molar-refractivity contribution in [2.75, 3.05) is 0 Å².